The number of aryl methyl sites for hydroxylation is 2. The SMILES string of the molecule is CCCn1c(C)c(C)c2ccnc(COc3ccc(Cl)c(Cl)c3)c21. The van der Waals surface area contributed by atoms with E-state index in [-0.39, 0.29) is 0 Å². The van der Waals surface area contributed by atoms with Gasteiger partial charge in [0.25, 0.3) is 0 Å². The third kappa shape index (κ3) is 3.11. The fourth-order valence-electron chi connectivity index (χ4n) is 2.99. The molecule has 0 N–H and O–H groups in total. The third-order valence-electron chi connectivity index (χ3n) is 4.34. The summed E-state index contributed by atoms with van der Waals surface area (Å²) >= 11 is 12.0. The normalized spacial score (nSPS) is 11.2. The molecule has 0 fully saturated rings. The Labute approximate surface area is 152 Å². The van der Waals surface area contributed by atoms with Crippen molar-refractivity contribution in [2.45, 2.75) is 40.3 Å². The average Bonchev–Trinajstić information content (AvgIpc) is 2.82. The van der Waals surface area contributed by atoms with Crippen LogP contribution in [0, 0.1) is 13.8 Å². The highest BCUT2D eigenvalue weighted by atomic mass is 35.5. The monoisotopic (exact) mass is 362 g/mol. The maximum Gasteiger partial charge on any atom is 0.132 e. The highest BCUT2D eigenvalue weighted by Gasteiger charge is 2.15. The zero-order chi connectivity index (χ0) is 17.3. The summed E-state index contributed by atoms with van der Waals surface area (Å²) < 4.78 is 8.24. The predicted octanol–water partition coefficient (Wildman–Crippen LogP) is 5.95. The van der Waals surface area contributed by atoms with Crippen molar-refractivity contribution in [2.24, 2.45) is 0 Å². The second-order valence-electron chi connectivity index (χ2n) is 5.88. The van der Waals surface area contributed by atoms with Crippen LogP contribution in [0.2, 0.25) is 10.0 Å². The summed E-state index contributed by atoms with van der Waals surface area (Å²) in [4.78, 5) is 4.55. The van der Waals surface area contributed by atoms with Crippen LogP contribution in [0.3, 0.4) is 0 Å². The summed E-state index contributed by atoms with van der Waals surface area (Å²) in [6, 6.07) is 7.36. The lowest BCUT2D eigenvalue weighted by molar-refractivity contribution is 0.302. The quantitative estimate of drug-likeness (QED) is 0.560. The first-order chi connectivity index (χ1) is 11.5. The van der Waals surface area contributed by atoms with Crippen molar-refractivity contribution in [1.29, 1.82) is 0 Å². The molecule has 0 aliphatic rings. The molecule has 0 atom stereocenters. The van der Waals surface area contributed by atoms with Crippen molar-refractivity contribution in [3.8, 4) is 5.75 Å². The van der Waals surface area contributed by atoms with E-state index in [0.717, 1.165) is 24.2 Å². The minimum atomic E-state index is 0.391. The van der Waals surface area contributed by atoms with Gasteiger partial charge < -0.3 is 9.30 Å². The molecule has 0 radical (unpaired) electrons. The number of aromatic nitrogens is 2. The lowest BCUT2D eigenvalue weighted by Gasteiger charge is -2.11. The highest BCUT2D eigenvalue weighted by Crippen LogP contribution is 2.29. The highest BCUT2D eigenvalue weighted by molar-refractivity contribution is 6.42. The summed E-state index contributed by atoms with van der Waals surface area (Å²) in [5.41, 5.74) is 4.69. The number of fused-ring (bicyclic) bond motifs is 1. The Hall–Kier alpha value is -1.71. The second-order valence-corrected chi connectivity index (χ2v) is 6.69. The molecule has 2 heterocycles. The molecule has 0 spiro atoms. The largest absolute Gasteiger partial charge is 0.487 e. The number of benzene rings is 1. The molecular formula is C19H20Cl2N2O. The number of hydrogen-bond donors (Lipinski definition) is 0. The first-order valence-electron chi connectivity index (χ1n) is 8.04. The molecule has 0 aliphatic heterocycles. The molecule has 0 bridgehead atoms. The smallest absolute Gasteiger partial charge is 0.132 e. The summed E-state index contributed by atoms with van der Waals surface area (Å²) in [7, 11) is 0. The van der Waals surface area contributed by atoms with E-state index < -0.39 is 0 Å². The van der Waals surface area contributed by atoms with E-state index in [9.17, 15) is 0 Å². The molecule has 1 aromatic carbocycles. The number of hydrogen-bond acceptors (Lipinski definition) is 2. The Morgan fingerprint density at radius 2 is 1.92 bits per heavy atom. The van der Waals surface area contributed by atoms with Crippen LogP contribution in [0.1, 0.15) is 30.3 Å². The maximum atomic E-state index is 6.05. The summed E-state index contributed by atoms with van der Waals surface area (Å²) in [6.07, 6.45) is 2.92. The van der Waals surface area contributed by atoms with Crippen LogP contribution in [-0.2, 0) is 13.2 Å². The fourth-order valence-corrected chi connectivity index (χ4v) is 3.28. The zero-order valence-electron chi connectivity index (χ0n) is 14.1. The fraction of sp³-hybridized carbons (Fsp3) is 0.316. The van der Waals surface area contributed by atoms with Gasteiger partial charge in [0.1, 0.15) is 18.1 Å². The second kappa shape index (κ2) is 7.04. The molecule has 0 amide bonds. The lowest BCUT2D eigenvalue weighted by Crippen LogP contribution is -2.05. The summed E-state index contributed by atoms with van der Waals surface area (Å²) in [6.45, 7) is 7.87. The molecule has 3 nitrogen and oxygen atoms in total. The molecule has 2 aromatic heterocycles. The van der Waals surface area contributed by atoms with Crippen LogP contribution in [0.15, 0.2) is 30.5 Å². The van der Waals surface area contributed by atoms with E-state index in [0.29, 0.717) is 22.4 Å². The van der Waals surface area contributed by atoms with Crippen LogP contribution < -0.4 is 4.74 Å². The van der Waals surface area contributed by atoms with E-state index in [1.54, 1.807) is 12.1 Å². The van der Waals surface area contributed by atoms with Crippen molar-refractivity contribution in [3.05, 3.63) is 57.5 Å². The first kappa shape index (κ1) is 17.1. The zero-order valence-corrected chi connectivity index (χ0v) is 15.6. The number of halogens is 2. The minimum absolute atomic E-state index is 0.391. The van der Waals surface area contributed by atoms with E-state index in [4.69, 9.17) is 27.9 Å². The maximum absolute atomic E-state index is 6.05. The number of rotatable bonds is 5. The Balaban J connectivity index is 1.97. The molecule has 126 valence electrons. The number of ether oxygens (including phenoxy) is 1. The van der Waals surface area contributed by atoms with Gasteiger partial charge in [-0.3, -0.25) is 4.98 Å². The number of nitrogens with zero attached hydrogens (tertiary/aromatic N) is 2. The van der Waals surface area contributed by atoms with Crippen molar-refractivity contribution in [2.75, 3.05) is 0 Å². The van der Waals surface area contributed by atoms with Gasteiger partial charge >= 0.3 is 0 Å². The van der Waals surface area contributed by atoms with Gasteiger partial charge in [0.05, 0.1) is 15.6 Å². The van der Waals surface area contributed by atoms with Crippen LogP contribution >= 0.6 is 23.2 Å². The van der Waals surface area contributed by atoms with Gasteiger partial charge in [-0.25, -0.2) is 0 Å². The minimum Gasteiger partial charge on any atom is -0.487 e. The first-order valence-corrected chi connectivity index (χ1v) is 8.79. The Morgan fingerprint density at radius 1 is 1.12 bits per heavy atom. The third-order valence-corrected chi connectivity index (χ3v) is 5.07. The topological polar surface area (TPSA) is 27.1 Å². The van der Waals surface area contributed by atoms with Gasteiger partial charge in [-0.2, -0.15) is 0 Å². The van der Waals surface area contributed by atoms with Gasteiger partial charge in [-0.1, -0.05) is 30.1 Å². The van der Waals surface area contributed by atoms with Crippen molar-refractivity contribution < 1.29 is 4.74 Å². The Morgan fingerprint density at radius 3 is 2.62 bits per heavy atom. The molecule has 0 saturated carbocycles. The molecular weight excluding hydrogens is 343 g/mol. The van der Waals surface area contributed by atoms with Gasteiger partial charge in [0.15, 0.2) is 0 Å². The predicted molar refractivity (Wildman–Crippen MR) is 100 cm³/mol. The number of pyridine rings is 1. The van der Waals surface area contributed by atoms with E-state index in [1.807, 2.05) is 12.3 Å². The average molecular weight is 363 g/mol. The molecule has 0 saturated heterocycles. The van der Waals surface area contributed by atoms with Crippen LogP contribution in [0.25, 0.3) is 10.9 Å². The van der Waals surface area contributed by atoms with Crippen LogP contribution in [0.4, 0.5) is 0 Å². The van der Waals surface area contributed by atoms with E-state index in [1.165, 1.54) is 16.6 Å². The van der Waals surface area contributed by atoms with Gasteiger partial charge in [-0.05, 0) is 44.0 Å². The van der Waals surface area contributed by atoms with E-state index in [2.05, 4.69) is 36.4 Å². The van der Waals surface area contributed by atoms with E-state index >= 15 is 0 Å². The van der Waals surface area contributed by atoms with Gasteiger partial charge in [0.2, 0.25) is 0 Å². The molecule has 24 heavy (non-hydrogen) atoms. The molecule has 5 heteroatoms. The molecule has 0 unspecified atom stereocenters. The van der Waals surface area contributed by atoms with Crippen LogP contribution in [-0.4, -0.2) is 9.55 Å². The standard InChI is InChI=1S/C19H20Cl2N2O/c1-4-9-23-13(3)12(2)15-7-8-22-18(19(15)23)11-24-14-5-6-16(20)17(21)10-14/h5-8,10H,4,9,11H2,1-3H3. The molecule has 3 aromatic rings. The van der Waals surface area contributed by atoms with Crippen molar-refractivity contribution >= 4 is 34.1 Å². The van der Waals surface area contributed by atoms with Gasteiger partial charge in [-0.15, -0.1) is 0 Å². The van der Waals surface area contributed by atoms with Crippen LogP contribution in [0.5, 0.6) is 5.75 Å². The molecule has 3 rings (SSSR count). The van der Waals surface area contributed by atoms with Gasteiger partial charge in [0, 0.05) is 29.9 Å². The summed E-state index contributed by atoms with van der Waals surface area (Å²) in [5.74, 6) is 0.685. The Bertz CT molecular complexity index is 887. The lowest BCUT2D eigenvalue weighted by atomic mass is 10.2. The van der Waals surface area contributed by atoms with Crippen molar-refractivity contribution in [1.82, 2.24) is 9.55 Å². The summed E-state index contributed by atoms with van der Waals surface area (Å²) in [5, 5.41) is 2.25. The van der Waals surface area contributed by atoms with Crippen molar-refractivity contribution in [3.63, 3.8) is 0 Å². The Kier molecular flexibility index (Phi) is 5.02. The molecule has 0 aliphatic carbocycles.